The molecule has 0 N–H and O–H groups in total. The van der Waals surface area contributed by atoms with Crippen molar-refractivity contribution in [1.82, 2.24) is 4.90 Å². The standard InChI is InChI=1S/C25H26N2O3.ClH/c1-17-18(2)25(28)30-24-13-22(7-8-23(17)24)29-16-21-9-11-27(12-10-21)15-20-5-3-19(14-26)4-6-20;/h3-8,13,21H,9-12,15-16H2,1-2H3;1H. The minimum absolute atomic E-state index is 0. The Morgan fingerprint density at radius 3 is 2.48 bits per heavy atom. The van der Waals surface area contributed by atoms with Gasteiger partial charge < -0.3 is 9.15 Å². The first-order chi connectivity index (χ1) is 14.5. The summed E-state index contributed by atoms with van der Waals surface area (Å²) in [4.78, 5) is 14.4. The van der Waals surface area contributed by atoms with Crippen LogP contribution in [0.1, 0.15) is 35.1 Å². The Labute approximate surface area is 188 Å². The summed E-state index contributed by atoms with van der Waals surface area (Å²) in [5.74, 6) is 1.26. The molecule has 1 fully saturated rings. The largest absolute Gasteiger partial charge is 0.493 e. The van der Waals surface area contributed by atoms with Crippen molar-refractivity contribution in [2.75, 3.05) is 19.7 Å². The van der Waals surface area contributed by atoms with Crippen LogP contribution < -0.4 is 10.4 Å². The second-order valence-corrected chi connectivity index (χ2v) is 8.14. The van der Waals surface area contributed by atoms with Crippen molar-refractivity contribution in [3.8, 4) is 11.8 Å². The minimum atomic E-state index is -0.285. The maximum absolute atomic E-state index is 11.9. The number of benzene rings is 2. The van der Waals surface area contributed by atoms with Crippen LogP contribution in [0.5, 0.6) is 5.75 Å². The van der Waals surface area contributed by atoms with Gasteiger partial charge in [0.05, 0.1) is 18.2 Å². The Morgan fingerprint density at radius 2 is 1.81 bits per heavy atom. The van der Waals surface area contributed by atoms with E-state index in [1.165, 1.54) is 5.56 Å². The van der Waals surface area contributed by atoms with Gasteiger partial charge in [-0.3, -0.25) is 4.90 Å². The van der Waals surface area contributed by atoms with Crippen LogP contribution in [0.25, 0.3) is 11.0 Å². The van der Waals surface area contributed by atoms with Crippen molar-refractivity contribution in [3.63, 3.8) is 0 Å². The third-order valence-electron chi connectivity index (χ3n) is 6.11. The number of likely N-dealkylation sites (tertiary alicyclic amines) is 1. The van der Waals surface area contributed by atoms with E-state index in [1.54, 1.807) is 6.92 Å². The van der Waals surface area contributed by atoms with E-state index in [4.69, 9.17) is 14.4 Å². The number of piperidine rings is 1. The molecule has 0 bridgehead atoms. The molecule has 2 aromatic carbocycles. The molecule has 0 amide bonds. The highest BCUT2D eigenvalue weighted by atomic mass is 35.5. The highest BCUT2D eigenvalue weighted by Crippen LogP contribution is 2.25. The summed E-state index contributed by atoms with van der Waals surface area (Å²) in [6.45, 7) is 7.41. The zero-order valence-electron chi connectivity index (χ0n) is 17.9. The molecular weight excluding hydrogens is 412 g/mol. The predicted molar refractivity (Wildman–Crippen MR) is 124 cm³/mol. The molecule has 6 heteroatoms. The number of hydrogen-bond acceptors (Lipinski definition) is 5. The lowest BCUT2D eigenvalue weighted by Crippen LogP contribution is -2.35. The van der Waals surface area contributed by atoms with Crippen LogP contribution in [0.15, 0.2) is 51.7 Å². The van der Waals surface area contributed by atoms with E-state index in [0.717, 1.165) is 49.2 Å². The van der Waals surface area contributed by atoms with Crippen molar-refractivity contribution >= 4 is 23.4 Å². The number of nitriles is 1. The minimum Gasteiger partial charge on any atom is -0.493 e. The van der Waals surface area contributed by atoms with Gasteiger partial charge in [0.1, 0.15) is 11.3 Å². The Bertz CT molecular complexity index is 1140. The topological polar surface area (TPSA) is 66.5 Å². The Balaban J connectivity index is 0.00000272. The van der Waals surface area contributed by atoms with Gasteiger partial charge in [0.15, 0.2) is 0 Å². The van der Waals surface area contributed by atoms with Crippen LogP contribution in [0.2, 0.25) is 0 Å². The first-order valence-electron chi connectivity index (χ1n) is 10.4. The van der Waals surface area contributed by atoms with Gasteiger partial charge in [-0.1, -0.05) is 12.1 Å². The van der Waals surface area contributed by atoms with Crippen LogP contribution in [-0.4, -0.2) is 24.6 Å². The normalized spacial score (nSPS) is 14.7. The lowest BCUT2D eigenvalue weighted by molar-refractivity contribution is 0.137. The maximum Gasteiger partial charge on any atom is 0.339 e. The summed E-state index contributed by atoms with van der Waals surface area (Å²) in [6.07, 6.45) is 2.19. The first kappa shape index (κ1) is 22.9. The summed E-state index contributed by atoms with van der Waals surface area (Å²) < 4.78 is 11.5. The highest BCUT2D eigenvalue weighted by molar-refractivity contribution is 5.85. The molecule has 0 atom stereocenters. The lowest BCUT2D eigenvalue weighted by Gasteiger charge is -2.31. The lowest BCUT2D eigenvalue weighted by atomic mass is 9.97. The zero-order chi connectivity index (χ0) is 21.1. The van der Waals surface area contributed by atoms with Crippen molar-refractivity contribution in [2.24, 2.45) is 5.92 Å². The van der Waals surface area contributed by atoms with E-state index < -0.39 is 0 Å². The second-order valence-electron chi connectivity index (χ2n) is 8.14. The molecular formula is C25H27ClN2O3. The molecule has 2 heterocycles. The van der Waals surface area contributed by atoms with Gasteiger partial charge in [-0.25, -0.2) is 4.79 Å². The van der Waals surface area contributed by atoms with Gasteiger partial charge in [0.2, 0.25) is 0 Å². The van der Waals surface area contributed by atoms with Crippen molar-refractivity contribution in [2.45, 2.75) is 33.2 Å². The Hall–Kier alpha value is -2.81. The van der Waals surface area contributed by atoms with Gasteiger partial charge in [0, 0.05) is 23.6 Å². The van der Waals surface area contributed by atoms with Crippen LogP contribution in [-0.2, 0) is 6.54 Å². The fraction of sp³-hybridized carbons (Fsp3) is 0.360. The third-order valence-corrected chi connectivity index (χ3v) is 6.11. The first-order valence-corrected chi connectivity index (χ1v) is 10.4. The van der Waals surface area contributed by atoms with Crippen LogP contribution in [0.4, 0.5) is 0 Å². The molecule has 31 heavy (non-hydrogen) atoms. The van der Waals surface area contributed by atoms with Crippen molar-refractivity contribution in [1.29, 1.82) is 5.26 Å². The predicted octanol–water partition coefficient (Wildman–Crippen LogP) is 4.99. The molecule has 4 rings (SSSR count). The van der Waals surface area contributed by atoms with Gasteiger partial charge in [-0.2, -0.15) is 5.26 Å². The molecule has 1 saturated heterocycles. The molecule has 1 aliphatic heterocycles. The summed E-state index contributed by atoms with van der Waals surface area (Å²) in [6, 6.07) is 15.7. The fourth-order valence-electron chi connectivity index (χ4n) is 3.99. The average Bonchev–Trinajstić information content (AvgIpc) is 2.77. The number of fused-ring (bicyclic) bond motifs is 1. The molecule has 3 aromatic rings. The van der Waals surface area contributed by atoms with Crippen LogP contribution >= 0.6 is 12.4 Å². The molecule has 1 aromatic heterocycles. The molecule has 1 aliphatic rings. The quantitative estimate of drug-likeness (QED) is 0.525. The van der Waals surface area contributed by atoms with Gasteiger partial charge in [-0.15, -0.1) is 12.4 Å². The van der Waals surface area contributed by atoms with Crippen molar-refractivity contribution < 1.29 is 9.15 Å². The van der Waals surface area contributed by atoms with E-state index in [-0.39, 0.29) is 18.0 Å². The number of halogens is 1. The van der Waals surface area contributed by atoms with E-state index >= 15 is 0 Å². The zero-order valence-corrected chi connectivity index (χ0v) is 18.7. The highest BCUT2D eigenvalue weighted by Gasteiger charge is 2.20. The second kappa shape index (κ2) is 10.00. The van der Waals surface area contributed by atoms with Crippen LogP contribution in [0.3, 0.4) is 0 Å². The molecule has 0 radical (unpaired) electrons. The average molecular weight is 439 g/mol. The number of nitrogens with zero attached hydrogens (tertiary/aromatic N) is 2. The number of aryl methyl sites for hydroxylation is 1. The molecule has 162 valence electrons. The molecule has 0 unspecified atom stereocenters. The Kier molecular flexibility index (Phi) is 7.37. The summed E-state index contributed by atoms with van der Waals surface area (Å²) >= 11 is 0. The summed E-state index contributed by atoms with van der Waals surface area (Å²) in [5.41, 5.74) is 3.86. The van der Waals surface area contributed by atoms with E-state index in [9.17, 15) is 4.79 Å². The number of hydrogen-bond donors (Lipinski definition) is 0. The summed E-state index contributed by atoms with van der Waals surface area (Å²) in [7, 11) is 0. The van der Waals surface area contributed by atoms with E-state index in [0.29, 0.717) is 29.2 Å². The monoisotopic (exact) mass is 438 g/mol. The molecule has 0 aliphatic carbocycles. The maximum atomic E-state index is 11.9. The number of rotatable bonds is 5. The molecule has 0 saturated carbocycles. The third kappa shape index (κ3) is 5.28. The number of ether oxygens (including phenoxy) is 1. The van der Waals surface area contributed by atoms with Gasteiger partial charge >= 0.3 is 5.63 Å². The van der Waals surface area contributed by atoms with Crippen molar-refractivity contribution in [3.05, 3.63) is 75.1 Å². The summed E-state index contributed by atoms with van der Waals surface area (Å²) in [5, 5.41) is 9.86. The van der Waals surface area contributed by atoms with E-state index in [2.05, 4.69) is 11.0 Å². The Morgan fingerprint density at radius 1 is 1.10 bits per heavy atom. The molecule has 5 nitrogen and oxygen atoms in total. The van der Waals surface area contributed by atoms with E-state index in [1.807, 2.05) is 49.4 Å². The van der Waals surface area contributed by atoms with Gasteiger partial charge in [-0.05, 0) is 81.1 Å². The van der Waals surface area contributed by atoms with Gasteiger partial charge in [0.25, 0.3) is 0 Å². The fourth-order valence-corrected chi connectivity index (χ4v) is 3.99. The molecule has 0 spiro atoms. The SMILES string of the molecule is Cc1c(C)c2ccc(OCC3CCN(Cc4ccc(C#N)cc4)CC3)cc2oc1=O.Cl. The van der Waals surface area contributed by atoms with Crippen LogP contribution in [0, 0.1) is 31.1 Å². The smallest absolute Gasteiger partial charge is 0.339 e.